The maximum atomic E-state index is 12.7. The molecule has 0 bridgehead atoms. The van der Waals surface area contributed by atoms with Gasteiger partial charge >= 0.3 is 0 Å². The fraction of sp³-hybridized carbons (Fsp3) is 0.474. The molecule has 0 atom stereocenters. The summed E-state index contributed by atoms with van der Waals surface area (Å²) < 4.78 is 0. The number of Topliss-reactive ketones (excluding diaryl/α,β-unsaturated/α-hetero) is 1. The van der Waals surface area contributed by atoms with Crippen LogP contribution in [0.3, 0.4) is 0 Å². The number of fused-ring (bicyclic) bond motifs is 1. The predicted molar refractivity (Wildman–Crippen MR) is 105 cm³/mol. The van der Waals surface area contributed by atoms with Crippen molar-refractivity contribution in [1.29, 1.82) is 0 Å². The van der Waals surface area contributed by atoms with Crippen molar-refractivity contribution in [3.05, 3.63) is 34.7 Å². The molecule has 1 aliphatic heterocycles. The van der Waals surface area contributed by atoms with Crippen LogP contribution in [0.4, 0.5) is 5.82 Å². The van der Waals surface area contributed by atoms with E-state index in [-0.39, 0.29) is 11.2 Å². The van der Waals surface area contributed by atoms with Crippen molar-refractivity contribution < 1.29 is 4.79 Å². The number of hydrogen-bond donors (Lipinski definition) is 1. The van der Waals surface area contributed by atoms with E-state index in [1.807, 2.05) is 19.2 Å². The molecule has 27 heavy (non-hydrogen) atoms. The third kappa shape index (κ3) is 3.12. The van der Waals surface area contributed by atoms with Gasteiger partial charge in [0, 0.05) is 37.8 Å². The number of thiazole rings is 1. The molecule has 1 saturated heterocycles. The third-order valence-corrected chi connectivity index (χ3v) is 6.70. The Labute approximate surface area is 161 Å². The number of nitrogens with zero attached hydrogens (tertiary/aromatic N) is 5. The maximum absolute atomic E-state index is 12.7. The van der Waals surface area contributed by atoms with Crippen LogP contribution in [0.5, 0.6) is 0 Å². The first-order valence-electron chi connectivity index (χ1n) is 9.32. The standard InChI is InChI=1S/C19H22N6OS/c1-13-16(27-12-23-13)15(26)8-24-6-7-25(10-19(9-24)3-4-19)18-14-2-5-20-17(14)21-11-22-18/h2,5,11-12H,3-4,6-10H2,1H3,(H,20,21,22). The summed E-state index contributed by atoms with van der Waals surface area (Å²) in [4.78, 5) is 34.5. The lowest BCUT2D eigenvalue weighted by molar-refractivity contribution is 0.0927. The minimum absolute atomic E-state index is 0.189. The number of carbonyl (C=O) groups excluding carboxylic acids is 1. The van der Waals surface area contributed by atoms with Crippen molar-refractivity contribution in [3.8, 4) is 0 Å². The maximum Gasteiger partial charge on any atom is 0.188 e. The summed E-state index contributed by atoms with van der Waals surface area (Å²) in [6.45, 7) is 6.09. The number of hydrogen-bond acceptors (Lipinski definition) is 7. The highest BCUT2D eigenvalue weighted by Gasteiger charge is 2.47. The second-order valence-corrected chi connectivity index (χ2v) is 8.61. The Morgan fingerprint density at radius 2 is 2.15 bits per heavy atom. The van der Waals surface area contributed by atoms with Gasteiger partial charge in [-0.2, -0.15) is 0 Å². The Kier molecular flexibility index (Phi) is 3.98. The first-order chi connectivity index (χ1) is 13.1. The Morgan fingerprint density at radius 3 is 2.93 bits per heavy atom. The Morgan fingerprint density at radius 1 is 1.26 bits per heavy atom. The second-order valence-electron chi connectivity index (χ2n) is 7.76. The number of nitrogens with one attached hydrogen (secondary N) is 1. The van der Waals surface area contributed by atoms with E-state index in [1.54, 1.807) is 11.8 Å². The fourth-order valence-corrected chi connectivity index (χ4v) is 4.85. The number of carbonyl (C=O) groups is 1. The average Bonchev–Trinajstić information content (AvgIpc) is 3.07. The van der Waals surface area contributed by atoms with Crippen molar-refractivity contribution >= 4 is 34.0 Å². The number of rotatable bonds is 4. The number of ketones is 1. The molecule has 2 fully saturated rings. The lowest BCUT2D eigenvalue weighted by Gasteiger charge is -2.25. The van der Waals surface area contributed by atoms with Crippen LogP contribution >= 0.6 is 11.3 Å². The van der Waals surface area contributed by atoms with Gasteiger partial charge in [0.15, 0.2) is 5.78 Å². The highest BCUT2D eigenvalue weighted by atomic mass is 32.1. The minimum Gasteiger partial charge on any atom is -0.354 e. The zero-order valence-corrected chi connectivity index (χ0v) is 16.1. The van der Waals surface area contributed by atoms with Crippen LogP contribution in [0.2, 0.25) is 0 Å². The van der Waals surface area contributed by atoms with E-state index in [1.165, 1.54) is 24.2 Å². The van der Waals surface area contributed by atoms with Gasteiger partial charge in [-0.3, -0.25) is 9.69 Å². The lowest BCUT2D eigenvalue weighted by atomic mass is 10.1. The zero-order chi connectivity index (χ0) is 18.4. The minimum atomic E-state index is 0.189. The normalized spacial score (nSPS) is 19.5. The van der Waals surface area contributed by atoms with Gasteiger partial charge in [0.2, 0.25) is 0 Å². The lowest BCUT2D eigenvalue weighted by Crippen LogP contribution is -2.35. The Balaban J connectivity index is 1.37. The molecule has 0 aromatic carbocycles. The summed E-state index contributed by atoms with van der Waals surface area (Å²) in [6, 6.07) is 2.04. The molecule has 1 saturated carbocycles. The van der Waals surface area contributed by atoms with E-state index >= 15 is 0 Å². The van der Waals surface area contributed by atoms with E-state index in [0.29, 0.717) is 6.54 Å². The third-order valence-electron chi connectivity index (χ3n) is 5.73. The molecule has 3 aromatic heterocycles. The van der Waals surface area contributed by atoms with Crippen molar-refractivity contribution in [1.82, 2.24) is 24.8 Å². The van der Waals surface area contributed by atoms with Crippen LogP contribution in [0.25, 0.3) is 11.0 Å². The Bertz CT molecular complexity index is 991. The van der Waals surface area contributed by atoms with Gasteiger partial charge < -0.3 is 9.88 Å². The number of aromatic nitrogens is 4. The number of aryl methyl sites for hydroxylation is 1. The molecule has 0 radical (unpaired) electrons. The molecule has 1 spiro atoms. The summed E-state index contributed by atoms with van der Waals surface area (Å²) in [5, 5.41) is 1.07. The summed E-state index contributed by atoms with van der Waals surface area (Å²) in [6.07, 6.45) is 5.98. The van der Waals surface area contributed by atoms with E-state index in [0.717, 1.165) is 53.6 Å². The van der Waals surface area contributed by atoms with Gasteiger partial charge in [-0.25, -0.2) is 15.0 Å². The summed E-state index contributed by atoms with van der Waals surface area (Å²) in [5.41, 5.74) is 3.76. The largest absolute Gasteiger partial charge is 0.354 e. The first kappa shape index (κ1) is 16.8. The van der Waals surface area contributed by atoms with Crippen molar-refractivity contribution in [3.63, 3.8) is 0 Å². The smallest absolute Gasteiger partial charge is 0.188 e. The molecule has 5 rings (SSSR count). The number of H-pyrrole nitrogens is 1. The van der Waals surface area contributed by atoms with Crippen LogP contribution in [-0.4, -0.2) is 63.3 Å². The van der Waals surface area contributed by atoms with Crippen LogP contribution < -0.4 is 4.90 Å². The molecule has 7 nitrogen and oxygen atoms in total. The van der Waals surface area contributed by atoms with Gasteiger partial charge in [-0.15, -0.1) is 11.3 Å². The van der Waals surface area contributed by atoms with Gasteiger partial charge in [-0.05, 0) is 25.8 Å². The van der Waals surface area contributed by atoms with E-state index in [4.69, 9.17) is 0 Å². The molecule has 0 amide bonds. The zero-order valence-electron chi connectivity index (χ0n) is 15.3. The SMILES string of the molecule is Cc1ncsc1C(=O)CN1CCN(c2ncnc3[nH]ccc23)CC2(CC2)C1. The van der Waals surface area contributed by atoms with E-state index in [9.17, 15) is 4.79 Å². The summed E-state index contributed by atoms with van der Waals surface area (Å²) >= 11 is 1.45. The van der Waals surface area contributed by atoms with Crippen LogP contribution in [0.15, 0.2) is 24.1 Å². The Hall–Kier alpha value is -2.32. The molecule has 8 heteroatoms. The van der Waals surface area contributed by atoms with Gasteiger partial charge in [0.25, 0.3) is 0 Å². The van der Waals surface area contributed by atoms with Crippen molar-refractivity contribution in [2.24, 2.45) is 5.41 Å². The number of aromatic amines is 1. The molecule has 1 aliphatic carbocycles. The molecule has 1 N–H and O–H groups in total. The second kappa shape index (κ2) is 6.38. The monoisotopic (exact) mass is 382 g/mol. The van der Waals surface area contributed by atoms with Crippen LogP contribution in [-0.2, 0) is 0 Å². The van der Waals surface area contributed by atoms with Crippen molar-refractivity contribution in [2.45, 2.75) is 19.8 Å². The van der Waals surface area contributed by atoms with Crippen molar-refractivity contribution in [2.75, 3.05) is 37.6 Å². The molecule has 3 aromatic rings. The quantitative estimate of drug-likeness (QED) is 0.699. The average molecular weight is 382 g/mol. The fourth-order valence-electron chi connectivity index (χ4n) is 4.11. The summed E-state index contributed by atoms with van der Waals surface area (Å²) in [7, 11) is 0. The van der Waals surface area contributed by atoms with Gasteiger partial charge in [-0.1, -0.05) is 0 Å². The molecule has 0 unspecified atom stereocenters. The molecule has 4 heterocycles. The van der Waals surface area contributed by atoms with Gasteiger partial charge in [0.05, 0.1) is 28.0 Å². The first-order valence-corrected chi connectivity index (χ1v) is 10.2. The predicted octanol–water partition coefficient (Wildman–Crippen LogP) is 2.51. The molecular formula is C19H22N6OS. The van der Waals surface area contributed by atoms with Crippen LogP contribution in [0, 0.1) is 12.3 Å². The number of anilines is 1. The van der Waals surface area contributed by atoms with E-state index < -0.39 is 0 Å². The molecule has 2 aliphatic rings. The summed E-state index contributed by atoms with van der Waals surface area (Å²) in [5.74, 6) is 1.19. The molecular weight excluding hydrogens is 360 g/mol. The molecule has 140 valence electrons. The highest BCUT2D eigenvalue weighted by Crippen LogP contribution is 2.48. The topological polar surface area (TPSA) is 78.0 Å². The van der Waals surface area contributed by atoms with Gasteiger partial charge in [0.1, 0.15) is 17.8 Å². The van der Waals surface area contributed by atoms with E-state index in [2.05, 4.69) is 29.7 Å². The highest BCUT2D eigenvalue weighted by molar-refractivity contribution is 7.12. The van der Waals surface area contributed by atoms with Crippen LogP contribution in [0.1, 0.15) is 28.2 Å².